The van der Waals surface area contributed by atoms with Crippen LogP contribution in [0.3, 0.4) is 0 Å². The molecule has 0 aromatic carbocycles. The molecule has 3 unspecified atom stereocenters. The molecule has 8 amide bonds. The number of carbonyl (C=O) groups is 6. The Hall–Kier alpha value is -2.78. The fourth-order valence-corrected chi connectivity index (χ4v) is 2.36. The normalized spacial score (nSPS) is 27.1. The summed E-state index contributed by atoms with van der Waals surface area (Å²) < 4.78 is 0. The van der Waals surface area contributed by atoms with Crippen molar-refractivity contribution in [3.8, 4) is 0 Å². The standard InChI is InChI=1S/C13H16N4O6/c1-5(17-11(21)7(3)9(19)15-13(17)23)4-16-10(20)6(2)8(18)14-12(16)22/h5-7H,4H2,1-3H3,(H,14,18,22)(H,15,19,23). The number of barbiturate groups is 2. The maximum Gasteiger partial charge on any atom is 0.331 e. The van der Waals surface area contributed by atoms with Crippen molar-refractivity contribution in [2.45, 2.75) is 26.8 Å². The fourth-order valence-electron chi connectivity index (χ4n) is 2.36. The molecule has 2 N–H and O–H groups in total. The van der Waals surface area contributed by atoms with Crippen LogP contribution in [-0.4, -0.2) is 58.1 Å². The van der Waals surface area contributed by atoms with Crippen molar-refractivity contribution >= 4 is 35.7 Å². The van der Waals surface area contributed by atoms with Crippen LogP contribution in [0.4, 0.5) is 9.59 Å². The van der Waals surface area contributed by atoms with Crippen LogP contribution < -0.4 is 10.6 Å². The maximum absolute atomic E-state index is 12.1. The minimum Gasteiger partial charge on any atom is -0.277 e. The Bertz CT molecular complexity index is 630. The Morgan fingerprint density at radius 3 is 1.91 bits per heavy atom. The molecule has 0 spiro atoms. The lowest BCUT2D eigenvalue weighted by atomic mass is 10.0. The number of nitrogens with zero attached hydrogens (tertiary/aromatic N) is 2. The summed E-state index contributed by atoms with van der Waals surface area (Å²) in [5, 5.41) is 4.06. The summed E-state index contributed by atoms with van der Waals surface area (Å²) in [6.45, 7) is 3.88. The lowest BCUT2D eigenvalue weighted by Gasteiger charge is -2.36. The summed E-state index contributed by atoms with van der Waals surface area (Å²) >= 11 is 0. The quantitative estimate of drug-likeness (QED) is 0.627. The molecule has 124 valence electrons. The zero-order chi connectivity index (χ0) is 17.5. The first-order chi connectivity index (χ1) is 10.6. The van der Waals surface area contributed by atoms with Gasteiger partial charge in [-0.05, 0) is 20.8 Å². The number of amides is 8. The molecule has 2 heterocycles. The lowest BCUT2D eigenvalue weighted by Crippen LogP contribution is -2.64. The SMILES string of the molecule is CC1C(=O)NC(=O)N(CC(C)N2C(=O)NC(=O)C(C)C2=O)C1=O. The molecule has 2 fully saturated rings. The average Bonchev–Trinajstić information content (AvgIpc) is 2.47. The fraction of sp³-hybridized carbons (Fsp3) is 0.538. The van der Waals surface area contributed by atoms with Crippen LogP contribution in [0, 0.1) is 11.8 Å². The molecule has 0 aliphatic carbocycles. The Balaban J connectivity index is 2.16. The van der Waals surface area contributed by atoms with Crippen LogP contribution in [0.2, 0.25) is 0 Å². The zero-order valence-corrected chi connectivity index (χ0v) is 12.8. The van der Waals surface area contributed by atoms with Gasteiger partial charge in [-0.3, -0.25) is 39.6 Å². The Morgan fingerprint density at radius 1 is 0.870 bits per heavy atom. The van der Waals surface area contributed by atoms with Gasteiger partial charge in [-0.1, -0.05) is 0 Å². The van der Waals surface area contributed by atoms with E-state index in [1.165, 1.54) is 20.8 Å². The monoisotopic (exact) mass is 324 g/mol. The Kier molecular flexibility index (Phi) is 4.17. The van der Waals surface area contributed by atoms with E-state index in [9.17, 15) is 28.8 Å². The van der Waals surface area contributed by atoms with E-state index >= 15 is 0 Å². The van der Waals surface area contributed by atoms with E-state index in [0.29, 0.717) is 0 Å². The molecular formula is C13H16N4O6. The van der Waals surface area contributed by atoms with Crippen LogP contribution in [0.25, 0.3) is 0 Å². The molecule has 2 saturated heterocycles. The second-order valence-corrected chi connectivity index (χ2v) is 5.54. The Morgan fingerprint density at radius 2 is 1.35 bits per heavy atom. The first-order valence-electron chi connectivity index (χ1n) is 6.99. The Labute approximate surface area is 131 Å². The van der Waals surface area contributed by atoms with Crippen LogP contribution in [0.1, 0.15) is 20.8 Å². The molecule has 2 aliphatic rings. The van der Waals surface area contributed by atoms with Crippen molar-refractivity contribution in [2.24, 2.45) is 11.8 Å². The molecule has 0 saturated carbocycles. The number of rotatable bonds is 3. The van der Waals surface area contributed by atoms with E-state index in [-0.39, 0.29) is 6.54 Å². The first kappa shape index (κ1) is 16.6. The largest absolute Gasteiger partial charge is 0.331 e. The summed E-state index contributed by atoms with van der Waals surface area (Å²) in [6.07, 6.45) is 0. The molecule has 10 nitrogen and oxygen atoms in total. The highest BCUT2D eigenvalue weighted by atomic mass is 16.2. The lowest BCUT2D eigenvalue weighted by molar-refractivity contribution is -0.147. The van der Waals surface area contributed by atoms with Gasteiger partial charge in [0.2, 0.25) is 23.6 Å². The third-order valence-corrected chi connectivity index (χ3v) is 3.84. The van der Waals surface area contributed by atoms with Crippen molar-refractivity contribution in [3.05, 3.63) is 0 Å². The number of imide groups is 4. The van der Waals surface area contributed by atoms with E-state index in [1.807, 2.05) is 10.6 Å². The molecule has 10 heteroatoms. The van der Waals surface area contributed by atoms with Gasteiger partial charge in [0.15, 0.2) is 0 Å². The van der Waals surface area contributed by atoms with Crippen molar-refractivity contribution in [1.29, 1.82) is 0 Å². The van der Waals surface area contributed by atoms with Gasteiger partial charge in [0.05, 0.1) is 12.6 Å². The van der Waals surface area contributed by atoms with Gasteiger partial charge in [0, 0.05) is 0 Å². The third kappa shape index (κ3) is 2.79. The number of nitrogens with one attached hydrogen (secondary N) is 2. The number of hydrogen-bond acceptors (Lipinski definition) is 6. The number of urea groups is 2. The highest BCUT2D eigenvalue weighted by Crippen LogP contribution is 2.16. The van der Waals surface area contributed by atoms with Crippen LogP contribution in [0.5, 0.6) is 0 Å². The highest BCUT2D eigenvalue weighted by molar-refractivity contribution is 6.17. The molecule has 23 heavy (non-hydrogen) atoms. The van der Waals surface area contributed by atoms with Crippen molar-refractivity contribution < 1.29 is 28.8 Å². The predicted molar refractivity (Wildman–Crippen MR) is 73.4 cm³/mol. The summed E-state index contributed by atoms with van der Waals surface area (Å²) in [7, 11) is 0. The molecule has 0 bridgehead atoms. The summed E-state index contributed by atoms with van der Waals surface area (Å²) in [4.78, 5) is 72.1. The topological polar surface area (TPSA) is 133 Å². The predicted octanol–water partition coefficient (Wildman–Crippen LogP) is -1.20. The maximum atomic E-state index is 12.1. The van der Waals surface area contributed by atoms with Crippen molar-refractivity contribution in [3.63, 3.8) is 0 Å². The molecular weight excluding hydrogens is 308 g/mol. The molecule has 0 aromatic heterocycles. The minimum absolute atomic E-state index is 0.275. The van der Waals surface area contributed by atoms with E-state index in [4.69, 9.17) is 0 Å². The first-order valence-corrected chi connectivity index (χ1v) is 6.99. The molecule has 2 rings (SSSR count). The molecule has 2 aliphatic heterocycles. The minimum atomic E-state index is -1.04. The third-order valence-electron chi connectivity index (χ3n) is 3.84. The van der Waals surface area contributed by atoms with Gasteiger partial charge >= 0.3 is 12.1 Å². The van der Waals surface area contributed by atoms with Crippen molar-refractivity contribution in [2.75, 3.05) is 6.54 Å². The van der Waals surface area contributed by atoms with E-state index < -0.39 is 53.6 Å². The van der Waals surface area contributed by atoms with Gasteiger partial charge in [-0.25, -0.2) is 9.59 Å². The number of carbonyl (C=O) groups excluding carboxylic acids is 6. The van der Waals surface area contributed by atoms with E-state index in [2.05, 4.69) is 0 Å². The molecule has 0 radical (unpaired) electrons. The van der Waals surface area contributed by atoms with E-state index in [0.717, 1.165) is 9.80 Å². The van der Waals surface area contributed by atoms with Gasteiger partial charge in [0.25, 0.3) is 0 Å². The van der Waals surface area contributed by atoms with Gasteiger partial charge in [-0.15, -0.1) is 0 Å². The van der Waals surface area contributed by atoms with Crippen LogP contribution >= 0.6 is 0 Å². The second kappa shape index (κ2) is 5.78. The van der Waals surface area contributed by atoms with Gasteiger partial charge < -0.3 is 0 Å². The van der Waals surface area contributed by atoms with Crippen LogP contribution in [0.15, 0.2) is 0 Å². The van der Waals surface area contributed by atoms with Crippen molar-refractivity contribution in [1.82, 2.24) is 20.4 Å². The van der Waals surface area contributed by atoms with Gasteiger partial charge in [-0.2, -0.15) is 0 Å². The highest BCUT2D eigenvalue weighted by Gasteiger charge is 2.43. The summed E-state index contributed by atoms with van der Waals surface area (Å²) in [6, 6.07) is -2.66. The van der Waals surface area contributed by atoms with E-state index in [1.54, 1.807) is 0 Å². The number of hydrogen-bond donors (Lipinski definition) is 2. The van der Waals surface area contributed by atoms with Crippen LogP contribution in [-0.2, 0) is 19.2 Å². The smallest absolute Gasteiger partial charge is 0.277 e. The summed E-state index contributed by atoms with van der Waals surface area (Å²) in [5.41, 5.74) is 0. The average molecular weight is 324 g/mol. The molecule has 0 aromatic rings. The summed E-state index contributed by atoms with van der Waals surface area (Å²) in [5.74, 6) is -4.89. The zero-order valence-electron chi connectivity index (χ0n) is 12.8. The van der Waals surface area contributed by atoms with Gasteiger partial charge in [0.1, 0.15) is 11.8 Å². The second-order valence-electron chi connectivity index (χ2n) is 5.54. The molecule has 3 atom stereocenters.